The first-order valence-corrected chi connectivity index (χ1v) is 15.4. The predicted molar refractivity (Wildman–Crippen MR) is 145 cm³/mol. The van der Waals surface area contributed by atoms with Crippen LogP contribution in [0.5, 0.6) is 0 Å². The highest BCUT2D eigenvalue weighted by Crippen LogP contribution is 2.49. The lowest BCUT2D eigenvalue weighted by atomic mass is 10.1. The van der Waals surface area contributed by atoms with Gasteiger partial charge in [0, 0.05) is 19.4 Å². The zero-order valence-corrected chi connectivity index (χ0v) is 24.0. The molecule has 0 rings (SSSR count). The molecule has 0 aromatic heterocycles. The van der Waals surface area contributed by atoms with Crippen LogP contribution >= 0.6 is 7.82 Å². The van der Waals surface area contributed by atoms with Crippen LogP contribution < -0.4 is 0 Å². The standard InChI is InChI=1S/C27H54NO6P/c1-5-7-8-9-10-11-12-13-14-15-16-17-18-19-20-22-27(29)31-24-21-25-33-35(30,32-6-2)34-26-23-28(3)4/h13-14H,5-12,15-26H2,1-4H3/b14-13-. The van der Waals surface area contributed by atoms with Crippen LogP contribution in [0, 0.1) is 0 Å². The number of allylic oxidation sites excluding steroid dienone is 2. The van der Waals surface area contributed by atoms with E-state index < -0.39 is 7.82 Å². The molecule has 35 heavy (non-hydrogen) atoms. The Morgan fingerprint density at radius 1 is 0.714 bits per heavy atom. The minimum absolute atomic E-state index is 0.153. The van der Waals surface area contributed by atoms with Crippen molar-refractivity contribution in [3.8, 4) is 0 Å². The minimum atomic E-state index is -3.56. The van der Waals surface area contributed by atoms with E-state index in [1.54, 1.807) is 6.92 Å². The van der Waals surface area contributed by atoms with Gasteiger partial charge in [-0.05, 0) is 53.1 Å². The summed E-state index contributed by atoms with van der Waals surface area (Å²) < 4.78 is 33.5. The smallest absolute Gasteiger partial charge is 0.466 e. The van der Waals surface area contributed by atoms with Crippen molar-refractivity contribution in [1.82, 2.24) is 4.90 Å². The highest BCUT2D eigenvalue weighted by atomic mass is 31.2. The zero-order valence-electron chi connectivity index (χ0n) is 23.1. The number of carbonyl (C=O) groups excluding carboxylic acids is 1. The summed E-state index contributed by atoms with van der Waals surface area (Å²) in [5, 5.41) is 0. The maximum absolute atomic E-state index is 12.5. The second-order valence-electron chi connectivity index (χ2n) is 9.24. The Balaban J connectivity index is 3.57. The van der Waals surface area contributed by atoms with Crippen molar-refractivity contribution < 1.29 is 27.7 Å². The third kappa shape index (κ3) is 24.7. The Morgan fingerprint density at radius 2 is 1.29 bits per heavy atom. The van der Waals surface area contributed by atoms with Gasteiger partial charge in [0.2, 0.25) is 0 Å². The summed E-state index contributed by atoms with van der Waals surface area (Å²) in [6, 6.07) is 0. The highest BCUT2D eigenvalue weighted by molar-refractivity contribution is 7.48. The monoisotopic (exact) mass is 519 g/mol. The molecule has 0 saturated carbocycles. The molecule has 0 aliphatic rings. The van der Waals surface area contributed by atoms with Gasteiger partial charge in [-0.15, -0.1) is 0 Å². The SMILES string of the molecule is CCCCCCCC/C=C\CCCCCCCC(=O)OCCCOP(=O)(OCC)OCCN(C)C. The summed E-state index contributed by atoms with van der Waals surface area (Å²) in [5.74, 6) is -0.183. The molecule has 0 spiro atoms. The highest BCUT2D eigenvalue weighted by Gasteiger charge is 2.25. The second kappa shape index (κ2) is 25.0. The molecule has 0 N–H and O–H groups in total. The minimum Gasteiger partial charge on any atom is -0.466 e. The molecule has 1 unspecified atom stereocenters. The number of esters is 1. The van der Waals surface area contributed by atoms with Gasteiger partial charge in [-0.2, -0.15) is 0 Å². The van der Waals surface area contributed by atoms with Gasteiger partial charge in [0.25, 0.3) is 0 Å². The first-order chi connectivity index (χ1) is 16.9. The fourth-order valence-corrected chi connectivity index (χ4v) is 4.64. The van der Waals surface area contributed by atoms with Crippen LogP contribution in [0.25, 0.3) is 0 Å². The second-order valence-corrected chi connectivity index (χ2v) is 10.9. The number of likely N-dealkylation sites (N-methyl/N-ethyl adjacent to an activating group) is 1. The molecule has 0 aliphatic carbocycles. The van der Waals surface area contributed by atoms with Crippen LogP contribution in [0.15, 0.2) is 12.2 Å². The molecule has 0 aromatic carbocycles. The number of rotatable bonds is 26. The van der Waals surface area contributed by atoms with Gasteiger partial charge in [-0.3, -0.25) is 18.4 Å². The van der Waals surface area contributed by atoms with Gasteiger partial charge < -0.3 is 9.64 Å². The van der Waals surface area contributed by atoms with Gasteiger partial charge in [0.15, 0.2) is 0 Å². The maximum Gasteiger partial charge on any atom is 0.474 e. The Kier molecular flexibility index (Phi) is 24.4. The van der Waals surface area contributed by atoms with Crippen molar-refractivity contribution in [2.75, 3.05) is 47.1 Å². The van der Waals surface area contributed by atoms with Crippen molar-refractivity contribution in [2.24, 2.45) is 0 Å². The van der Waals surface area contributed by atoms with Crippen LogP contribution in [0.4, 0.5) is 0 Å². The molecule has 0 amide bonds. The Hall–Kier alpha value is -0.720. The molecule has 0 saturated heterocycles. The van der Waals surface area contributed by atoms with E-state index in [1.807, 2.05) is 19.0 Å². The lowest BCUT2D eigenvalue weighted by Gasteiger charge is -2.18. The number of carbonyl (C=O) groups is 1. The lowest BCUT2D eigenvalue weighted by molar-refractivity contribution is -0.144. The molecule has 8 heteroatoms. The maximum atomic E-state index is 12.5. The van der Waals surface area contributed by atoms with Crippen LogP contribution in [-0.4, -0.2) is 57.9 Å². The number of nitrogens with zero attached hydrogens (tertiary/aromatic N) is 1. The lowest BCUT2D eigenvalue weighted by Crippen LogP contribution is -2.18. The Morgan fingerprint density at radius 3 is 1.89 bits per heavy atom. The van der Waals surface area contributed by atoms with E-state index in [1.165, 1.54) is 57.8 Å². The fourth-order valence-electron chi connectivity index (χ4n) is 3.44. The van der Waals surface area contributed by atoms with Crippen LogP contribution in [0.2, 0.25) is 0 Å². The molecule has 0 fully saturated rings. The van der Waals surface area contributed by atoms with E-state index in [2.05, 4.69) is 19.1 Å². The molecule has 7 nitrogen and oxygen atoms in total. The average Bonchev–Trinajstić information content (AvgIpc) is 2.81. The van der Waals surface area contributed by atoms with Crippen molar-refractivity contribution in [3.05, 3.63) is 12.2 Å². The third-order valence-electron chi connectivity index (χ3n) is 5.52. The number of hydrogen-bond acceptors (Lipinski definition) is 7. The summed E-state index contributed by atoms with van der Waals surface area (Å²) in [6.45, 7) is 5.51. The van der Waals surface area contributed by atoms with Crippen LogP contribution in [-0.2, 0) is 27.7 Å². The molecule has 208 valence electrons. The van der Waals surface area contributed by atoms with E-state index in [9.17, 15) is 9.36 Å². The summed E-state index contributed by atoms with van der Waals surface area (Å²) in [7, 11) is 0.251. The number of ether oxygens (including phenoxy) is 1. The predicted octanol–water partition coefficient (Wildman–Crippen LogP) is 7.70. The molecule has 0 aliphatic heterocycles. The van der Waals surface area contributed by atoms with Crippen molar-refractivity contribution >= 4 is 13.8 Å². The average molecular weight is 520 g/mol. The number of unbranched alkanes of at least 4 members (excludes halogenated alkanes) is 11. The molecule has 0 radical (unpaired) electrons. The number of phosphoric acid groups is 1. The summed E-state index contributed by atoms with van der Waals surface area (Å²) in [6.07, 6.45) is 21.6. The van der Waals surface area contributed by atoms with E-state index >= 15 is 0 Å². The topological polar surface area (TPSA) is 74.3 Å². The van der Waals surface area contributed by atoms with Gasteiger partial charge in [0.1, 0.15) is 0 Å². The van der Waals surface area contributed by atoms with Crippen molar-refractivity contribution in [3.63, 3.8) is 0 Å². The van der Waals surface area contributed by atoms with E-state index in [-0.39, 0.29) is 32.4 Å². The largest absolute Gasteiger partial charge is 0.474 e. The number of phosphoric ester groups is 1. The van der Waals surface area contributed by atoms with E-state index in [0.29, 0.717) is 19.4 Å². The molecular weight excluding hydrogens is 465 g/mol. The molecule has 1 atom stereocenters. The molecular formula is C27H54NO6P. The van der Waals surface area contributed by atoms with Gasteiger partial charge >= 0.3 is 13.8 Å². The van der Waals surface area contributed by atoms with Crippen molar-refractivity contribution in [2.45, 2.75) is 110 Å². The van der Waals surface area contributed by atoms with Gasteiger partial charge in [-0.25, -0.2) is 4.57 Å². The van der Waals surface area contributed by atoms with E-state index in [0.717, 1.165) is 25.7 Å². The molecule has 0 heterocycles. The van der Waals surface area contributed by atoms with E-state index in [4.69, 9.17) is 18.3 Å². The van der Waals surface area contributed by atoms with Crippen LogP contribution in [0.1, 0.15) is 110 Å². The fraction of sp³-hybridized carbons (Fsp3) is 0.889. The van der Waals surface area contributed by atoms with Gasteiger partial charge in [-0.1, -0.05) is 70.4 Å². The molecule has 0 aromatic rings. The summed E-state index contributed by atoms with van der Waals surface area (Å²) in [5.41, 5.74) is 0. The zero-order chi connectivity index (χ0) is 26.0. The molecule has 0 bridgehead atoms. The van der Waals surface area contributed by atoms with Gasteiger partial charge in [0.05, 0.1) is 26.4 Å². The number of hydrogen-bond donors (Lipinski definition) is 0. The third-order valence-corrected chi connectivity index (χ3v) is 7.09. The Bertz CT molecular complexity index is 556. The summed E-state index contributed by atoms with van der Waals surface area (Å²) >= 11 is 0. The first kappa shape index (κ1) is 34.3. The first-order valence-electron chi connectivity index (χ1n) is 13.9. The Labute approximate surface area is 215 Å². The quantitative estimate of drug-likeness (QED) is 0.0502. The summed E-state index contributed by atoms with van der Waals surface area (Å²) in [4.78, 5) is 13.8. The van der Waals surface area contributed by atoms with Crippen LogP contribution in [0.3, 0.4) is 0 Å². The normalized spacial score (nSPS) is 13.5. The van der Waals surface area contributed by atoms with Crippen molar-refractivity contribution in [1.29, 1.82) is 0 Å².